The van der Waals surface area contributed by atoms with Crippen LogP contribution in [0.1, 0.15) is 63.9 Å². The van der Waals surface area contributed by atoms with Crippen LogP contribution < -0.4 is 4.72 Å². The van der Waals surface area contributed by atoms with Gasteiger partial charge >= 0.3 is 0 Å². The molecule has 2 aliphatic rings. The molecule has 1 N–H and O–H groups in total. The highest BCUT2D eigenvalue weighted by atomic mass is 32.2. The second-order valence-electron chi connectivity index (χ2n) is 10.4. The van der Waals surface area contributed by atoms with E-state index in [1.165, 1.54) is 44.2 Å². The van der Waals surface area contributed by atoms with Crippen molar-refractivity contribution in [3.05, 3.63) is 48.3 Å². The van der Waals surface area contributed by atoms with E-state index in [9.17, 15) is 17.6 Å². The third-order valence-corrected chi connectivity index (χ3v) is 9.52. The molecule has 198 valence electrons. The summed E-state index contributed by atoms with van der Waals surface area (Å²) in [6, 6.07) is 4.96. The standard InChI is InChI=1S/C26H38FN5O3S/c1-2-16-36(34,35)30-24(17-21-8-10-23(27)11-9-21)25(33)31-14-12-26(13-15-31,18-32-20-28-19-29-32)22-6-4-3-5-7-22/h8-11,19-20,22,24,30H,2-7,12-18H2,1H3/t24-/m0/s1. The molecule has 2 heterocycles. The van der Waals surface area contributed by atoms with Gasteiger partial charge in [-0.15, -0.1) is 0 Å². The molecule has 1 aliphatic heterocycles. The number of carbonyl (C=O) groups excluding carboxylic acids is 1. The molecule has 1 amide bonds. The number of rotatable bonds is 10. The summed E-state index contributed by atoms with van der Waals surface area (Å²) in [5, 5.41) is 4.36. The molecule has 1 aromatic carbocycles. The number of benzene rings is 1. The summed E-state index contributed by atoms with van der Waals surface area (Å²) < 4.78 is 43.2. The Bertz CT molecular complexity index is 1080. The Morgan fingerprint density at radius 2 is 1.86 bits per heavy atom. The van der Waals surface area contributed by atoms with Gasteiger partial charge in [-0.25, -0.2) is 22.5 Å². The fourth-order valence-corrected chi connectivity index (χ4v) is 7.29. The average molecular weight is 520 g/mol. The van der Waals surface area contributed by atoms with Gasteiger partial charge < -0.3 is 4.90 Å². The second kappa shape index (κ2) is 11.8. The lowest BCUT2D eigenvalue weighted by molar-refractivity contribution is -0.136. The first-order valence-corrected chi connectivity index (χ1v) is 14.8. The lowest BCUT2D eigenvalue weighted by atomic mass is 9.63. The van der Waals surface area contributed by atoms with Crippen molar-refractivity contribution in [1.82, 2.24) is 24.4 Å². The van der Waals surface area contributed by atoms with Gasteiger partial charge in [0.05, 0.1) is 5.75 Å². The van der Waals surface area contributed by atoms with Crippen molar-refractivity contribution >= 4 is 15.9 Å². The zero-order valence-corrected chi connectivity index (χ0v) is 21.9. The molecule has 2 aromatic rings. The third kappa shape index (κ3) is 6.70. The number of carbonyl (C=O) groups is 1. The van der Waals surface area contributed by atoms with Crippen molar-refractivity contribution in [2.45, 2.75) is 77.3 Å². The van der Waals surface area contributed by atoms with E-state index >= 15 is 0 Å². The molecule has 4 rings (SSSR count). The lowest BCUT2D eigenvalue weighted by Gasteiger charge is -2.48. The maximum atomic E-state index is 13.7. The predicted octanol–water partition coefficient (Wildman–Crippen LogP) is 3.55. The summed E-state index contributed by atoms with van der Waals surface area (Å²) in [6.07, 6.45) is 11.9. The lowest BCUT2D eigenvalue weighted by Crippen LogP contribution is -2.54. The van der Waals surface area contributed by atoms with Gasteiger partial charge in [0.15, 0.2) is 0 Å². The summed E-state index contributed by atoms with van der Waals surface area (Å²) >= 11 is 0. The molecule has 1 atom stereocenters. The van der Waals surface area contributed by atoms with E-state index in [2.05, 4.69) is 14.8 Å². The molecule has 1 aliphatic carbocycles. The third-order valence-electron chi connectivity index (χ3n) is 7.93. The quantitative estimate of drug-likeness (QED) is 0.518. The topological polar surface area (TPSA) is 97.2 Å². The van der Waals surface area contributed by atoms with Gasteiger partial charge in [0, 0.05) is 19.6 Å². The van der Waals surface area contributed by atoms with Crippen LogP contribution in [-0.2, 0) is 27.8 Å². The molecule has 2 fully saturated rings. The second-order valence-corrected chi connectivity index (χ2v) is 12.3. The van der Waals surface area contributed by atoms with Crippen LogP contribution in [0.2, 0.25) is 0 Å². The number of hydrogen-bond donors (Lipinski definition) is 1. The summed E-state index contributed by atoms with van der Waals surface area (Å²) in [4.78, 5) is 19.6. The zero-order valence-electron chi connectivity index (χ0n) is 21.1. The maximum absolute atomic E-state index is 13.7. The first kappa shape index (κ1) is 26.7. The van der Waals surface area contributed by atoms with E-state index in [0.717, 1.165) is 19.4 Å². The number of piperidine rings is 1. The Kier molecular flexibility index (Phi) is 8.77. The van der Waals surface area contributed by atoms with Crippen molar-refractivity contribution in [3.8, 4) is 0 Å². The van der Waals surface area contributed by atoms with Crippen molar-refractivity contribution in [1.29, 1.82) is 0 Å². The SMILES string of the molecule is CCCS(=O)(=O)N[C@@H](Cc1ccc(F)cc1)C(=O)N1CCC(Cn2cncn2)(C2CCCCC2)CC1. The van der Waals surface area contributed by atoms with Crippen LogP contribution in [0.4, 0.5) is 4.39 Å². The Labute approximate surface area is 213 Å². The van der Waals surface area contributed by atoms with Crippen molar-refractivity contribution in [2.24, 2.45) is 11.3 Å². The number of nitrogens with one attached hydrogen (secondary N) is 1. The molecule has 8 nitrogen and oxygen atoms in total. The van der Waals surface area contributed by atoms with E-state index < -0.39 is 16.1 Å². The van der Waals surface area contributed by atoms with Crippen LogP contribution >= 0.6 is 0 Å². The van der Waals surface area contributed by atoms with Gasteiger partial charge in [0.25, 0.3) is 0 Å². The fraction of sp³-hybridized carbons (Fsp3) is 0.654. The molecule has 1 saturated carbocycles. The summed E-state index contributed by atoms with van der Waals surface area (Å²) in [5.74, 6) is -0.0264. The highest BCUT2D eigenvalue weighted by Gasteiger charge is 2.44. The minimum Gasteiger partial charge on any atom is -0.341 e. The highest BCUT2D eigenvalue weighted by Crippen LogP contribution is 2.47. The van der Waals surface area contributed by atoms with Crippen LogP contribution in [0.3, 0.4) is 0 Å². The minimum atomic E-state index is -3.61. The molecule has 1 saturated heterocycles. The van der Waals surface area contributed by atoms with Crippen molar-refractivity contribution in [2.75, 3.05) is 18.8 Å². The molecule has 0 unspecified atom stereocenters. The molecule has 0 spiro atoms. The van der Waals surface area contributed by atoms with Crippen LogP contribution in [-0.4, -0.2) is 58.9 Å². The van der Waals surface area contributed by atoms with Gasteiger partial charge in [0.2, 0.25) is 15.9 Å². The first-order valence-electron chi connectivity index (χ1n) is 13.2. The van der Waals surface area contributed by atoms with Crippen LogP contribution in [0.5, 0.6) is 0 Å². The number of nitrogens with zero attached hydrogens (tertiary/aromatic N) is 4. The van der Waals surface area contributed by atoms with Crippen LogP contribution in [0.15, 0.2) is 36.9 Å². The van der Waals surface area contributed by atoms with Crippen molar-refractivity contribution < 1.29 is 17.6 Å². The minimum absolute atomic E-state index is 0.0388. The normalized spacial score (nSPS) is 19.8. The number of hydrogen-bond acceptors (Lipinski definition) is 5. The summed E-state index contributed by atoms with van der Waals surface area (Å²) in [5.41, 5.74) is 0.771. The number of aromatic nitrogens is 3. The van der Waals surface area contributed by atoms with Gasteiger partial charge in [-0.3, -0.25) is 9.48 Å². The van der Waals surface area contributed by atoms with Crippen LogP contribution in [0.25, 0.3) is 0 Å². The number of sulfonamides is 1. The Balaban J connectivity index is 1.50. The zero-order chi connectivity index (χ0) is 25.6. The molecule has 10 heteroatoms. The summed E-state index contributed by atoms with van der Waals surface area (Å²) in [6.45, 7) is 3.75. The van der Waals surface area contributed by atoms with E-state index in [0.29, 0.717) is 31.0 Å². The summed E-state index contributed by atoms with van der Waals surface area (Å²) in [7, 11) is -3.61. The molecular formula is C26H38FN5O3S. The maximum Gasteiger partial charge on any atom is 0.241 e. The number of likely N-dealkylation sites (tertiary alicyclic amines) is 1. The van der Waals surface area contributed by atoms with Gasteiger partial charge in [-0.05, 0) is 67.6 Å². The van der Waals surface area contributed by atoms with Gasteiger partial charge in [-0.1, -0.05) is 38.3 Å². The molecular weight excluding hydrogens is 481 g/mol. The molecule has 0 bridgehead atoms. The van der Waals surface area contributed by atoms with E-state index in [4.69, 9.17) is 0 Å². The van der Waals surface area contributed by atoms with E-state index in [1.54, 1.807) is 31.7 Å². The largest absolute Gasteiger partial charge is 0.341 e. The van der Waals surface area contributed by atoms with E-state index in [1.807, 2.05) is 9.58 Å². The van der Waals surface area contributed by atoms with Gasteiger partial charge in [-0.2, -0.15) is 5.10 Å². The van der Waals surface area contributed by atoms with Crippen molar-refractivity contribution in [3.63, 3.8) is 0 Å². The number of halogens is 1. The Morgan fingerprint density at radius 1 is 1.17 bits per heavy atom. The Hall–Kier alpha value is -2.33. The smallest absolute Gasteiger partial charge is 0.241 e. The molecule has 36 heavy (non-hydrogen) atoms. The molecule has 0 radical (unpaired) electrons. The monoisotopic (exact) mass is 519 g/mol. The average Bonchev–Trinajstić information content (AvgIpc) is 3.38. The number of amides is 1. The predicted molar refractivity (Wildman–Crippen MR) is 136 cm³/mol. The first-order chi connectivity index (χ1) is 17.3. The molecule has 1 aromatic heterocycles. The van der Waals surface area contributed by atoms with E-state index in [-0.39, 0.29) is 29.3 Å². The fourth-order valence-electron chi connectivity index (χ4n) is 6.02. The highest BCUT2D eigenvalue weighted by molar-refractivity contribution is 7.89. The van der Waals surface area contributed by atoms with Crippen LogP contribution in [0, 0.1) is 17.2 Å². The van der Waals surface area contributed by atoms with Gasteiger partial charge in [0.1, 0.15) is 24.5 Å². The Morgan fingerprint density at radius 3 is 2.47 bits per heavy atom.